The van der Waals surface area contributed by atoms with Crippen LogP contribution in [-0.4, -0.2) is 52.5 Å². The van der Waals surface area contributed by atoms with Crippen molar-refractivity contribution in [1.29, 1.82) is 0 Å². The maximum Gasteiger partial charge on any atom is 0.267 e. The number of carbonyl (C=O) groups is 2. The lowest BCUT2D eigenvalue weighted by atomic mass is 10.1. The van der Waals surface area contributed by atoms with Crippen molar-refractivity contribution in [1.82, 2.24) is 14.7 Å². The second-order valence-corrected chi connectivity index (χ2v) is 8.52. The number of benzene rings is 1. The lowest BCUT2D eigenvalue weighted by Crippen LogP contribution is -2.51. The van der Waals surface area contributed by atoms with Gasteiger partial charge in [0, 0.05) is 43.5 Å². The Kier molecular flexibility index (Phi) is 5.99. The predicted octanol–water partition coefficient (Wildman–Crippen LogP) is 3.08. The highest BCUT2D eigenvalue weighted by molar-refractivity contribution is 7.13. The Morgan fingerprint density at radius 3 is 2.32 bits per heavy atom. The van der Waals surface area contributed by atoms with E-state index in [9.17, 15) is 14.4 Å². The van der Waals surface area contributed by atoms with Crippen LogP contribution in [0.3, 0.4) is 0 Å². The number of aromatic nitrogens is 2. The van der Waals surface area contributed by atoms with Crippen molar-refractivity contribution in [3.63, 3.8) is 0 Å². The number of amides is 1. The normalized spacial score (nSPS) is 15.0. The first kappa shape index (κ1) is 21.0. The van der Waals surface area contributed by atoms with Gasteiger partial charge in [-0.3, -0.25) is 14.4 Å². The van der Waals surface area contributed by atoms with Crippen molar-refractivity contribution in [2.45, 2.75) is 19.9 Å². The topological polar surface area (TPSA) is 75.5 Å². The lowest BCUT2D eigenvalue weighted by molar-refractivity contribution is -0.135. The Morgan fingerprint density at radius 1 is 1.00 bits per heavy atom. The number of rotatable bonds is 5. The molecule has 1 saturated heterocycles. The Bertz CT molecular complexity index is 1130. The quantitative estimate of drug-likeness (QED) is 0.575. The highest BCUT2D eigenvalue weighted by Gasteiger charge is 2.27. The summed E-state index contributed by atoms with van der Waals surface area (Å²) in [5, 5.41) is 6.40. The van der Waals surface area contributed by atoms with E-state index in [1.165, 1.54) is 10.7 Å². The fraction of sp³-hybridized carbons (Fsp3) is 0.304. The number of Topliss-reactive ketones (excluding diaryl/α,β-unsaturated/α-hetero) is 1. The SMILES string of the molecule is CC(=O)c1ccc(N2CCN(C(=O)C(C)n3nc(-c4cccs4)ccc3=O)CC2)cc1. The molecule has 1 aliphatic heterocycles. The fourth-order valence-electron chi connectivity index (χ4n) is 3.72. The van der Waals surface area contributed by atoms with Gasteiger partial charge in [0.1, 0.15) is 11.7 Å². The number of anilines is 1. The summed E-state index contributed by atoms with van der Waals surface area (Å²) in [5.74, 6) is -0.0625. The molecule has 1 unspecified atom stereocenters. The number of hydrogen-bond donors (Lipinski definition) is 0. The average molecular weight is 437 g/mol. The van der Waals surface area contributed by atoms with Gasteiger partial charge in [-0.05, 0) is 55.6 Å². The van der Waals surface area contributed by atoms with E-state index in [0.717, 1.165) is 10.6 Å². The minimum Gasteiger partial charge on any atom is -0.368 e. The second-order valence-electron chi connectivity index (χ2n) is 7.57. The Balaban J connectivity index is 1.43. The van der Waals surface area contributed by atoms with E-state index < -0.39 is 6.04 Å². The monoisotopic (exact) mass is 436 g/mol. The smallest absolute Gasteiger partial charge is 0.267 e. The van der Waals surface area contributed by atoms with Crippen LogP contribution < -0.4 is 10.5 Å². The van der Waals surface area contributed by atoms with Crippen LogP contribution in [0.25, 0.3) is 10.6 Å². The molecule has 2 aromatic heterocycles. The second kappa shape index (κ2) is 8.85. The van der Waals surface area contributed by atoms with Gasteiger partial charge in [0.25, 0.3) is 5.56 Å². The molecule has 7 nitrogen and oxygen atoms in total. The van der Waals surface area contributed by atoms with Crippen LogP contribution in [0.5, 0.6) is 0 Å². The first-order valence-electron chi connectivity index (χ1n) is 10.2. The Hall–Kier alpha value is -3.26. The molecule has 0 saturated carbocycles. The maximum atomic E-state index is 13.1. The largest absolute Gasteiger partial charge is 0.368 e. The van der Waals surface area contributed by atoms with Gasteiger partial charge < -0.3 is 9.80 Å². The number of nitrogens with zero attached hydrogens (tertiary/aromatic N) is 4. The van der Waals surface area contributed by atoms with Gasteiger partial charge in [-0.25, -0.2) is 4.68 Å². The zero-order valence-electron chi connectivity index (χ0n) is 17.5. The highest BCUT2D eigenvalue weighted by atomic mass is 32.1. The predicted molar refractivity (Wildman–Crippen MR) is 122 cm³/mol. The number of hydrogen-bond acceptors (Lipinski definition) is 6. The third-order valence-corrected chi connectivity index (χ3v) is 6.45. The molecule has 1 aromatic carbocycles. The summed E-state index contributed by atoms with van der Waals surface area (Å²) >= 11 is 1.54. The zero-order chi connectivity index (χ0) is 22.0. The summed E-state index contributed by atoms with van der Waals surface area (Å²) in [7, 11) is 0. The van der Waals surface area contributed by atoms with Crippen LogP contribution in [0.4, 0.5) is 5.69 Å². The molecule has 1 atom stereocenters. The molecule has 0 aliphatic carbocycles. The van der Waals surface area contributed by atoms with Gasteiger partial charge in [0.2, 0.25) is 5.91 Å². The Morgan fingerprint density at radius 2 is 1.71 bits per heavy atom. The van der Waals surface area contributed by atoms with Crippen LogP contribution >= 0.6 is 11.3 Å². The molecule has 1 aliphatic rings. The third-order valence-electron chi connectivity index (χ3n) is 5.55. The van der Waals surface area contributed by atoms with E-state index >= 15 is 0 Å². The van der Waals surface area contributed by atoms with Gasteiger partial charge in [0.05, 0.1) is 4.88 Å². The standard InChI is InChI=1S/C23H24N4O3S/c1-16(27-22(29)10-9-20(24-27)21-4-3-15-31-21)23(30)26-13-11-25(12-14-26)19-7-5-18(6-8-19)17(2)28/h3-10,15-16H,11-14H2,1-2H3. The molecule has 0 bridgehead atoms. The molecule has 31 heavy (non-hydrogen) atoms. The van der Waals surface area contributed by atoms with Crippen LogP contribution in [0.1, 0.15) is 30.2 Å². The number of carbonyl (C=O) groups excluding carboxylic acids is 2. The minimum atomic E-state index is -0.672. The van der Waals surface area contributed by atoms with Gasteiger partial charge in [0.15, 0.2) is 5.78 Å². The first-order valence-corrected chi connectivity index (χ1v) is 11.1. The molecule has 3 heterocycles. The summed E-state index contributed by atoms with van der Waals surface area (Å²) in [6, 6.07) is 13.9. The summed E-state index contributed by atoms with van der Waals surface area (Å²) in [6.07, 6.45) is 0. The summed E-state index contributed by atoms with van der Waals surface area (Å²) in [4.78, 5) is 41.9. The number of piperazine rings is 1. The molecular formula is C23H24N4O3S. The average Bonchev–Trinajstić information content (AvgIpc) is 3.34. The lowest BCUT2D eigenvalue weighted by Gasteiger charge is -2.37. The molecule has 0 N–H and O–H groups in total. The molecule has 1 amide bonds. The van der Waals surface area contributed by atoms with Crippen molar-refractivity contribution < 1.29 is 9.59 Å². The number of thiophene rings is 1. The summed E-state index contributed by atoms with van der Waals surface area (Å²) in [6.45, 7) is 5.79. The van der Waals surface area contributed by atoms with E-state index in [0.29, 0.717) is 37.4 Å². The van der Waals surface area contributed by atoms with E-state index in [2.05, 4.69) is 10.00 Å². The summed E-state index contributed by atoms with van der Waals surface area (Å²) < 4.78 is 1.28. The van der Waals surface area contributed by atoms with Crippen molar-refractivity contribution in [2.24, 2.45) is 0 Å². The van der Waals surface area contributed by atoms with Crippen LogP contribution in [0.15, 0.2) is 58.7 Å². The maximum absolute atomic E-state index is 13.1. The van der Waals surface area contributed by atoms with Crippen LogP contribution in [0, 0.1) is 0 Å². The van der Waals surface area contributed by atoms with Gasteiger partial charge >= 0.3 is 0 Å². The molecule has 0 spiro atoms. The van der Waals surface area contributed by atoms with Gasteiger partial charge in [-0.15, -0.1) is 11.3 Å². The molecule has 160 valence electrons. The molecule has 0 radical (unpaired) electrons. The van der Waals surface area contributed by atoms with E-state index in [1.807, 2.05) is 41.8 Å². The first-order chi connectivity index (χ1) is 14.9. The highest BCUT2D eigenvalue weighted by Crippen LogP contribution is 2.22. The molecular weight excluding hydrogens is 412 g/mol. The van der Waals surface area contributed by atoms with Crippen molar-refractivity contribution in [3.05, 3.63) is 69.8 Å². The van der Waals surface area contributed by atoms with Crippen LogP contribution in [0.2, 0.25) is 0 Å². The fourth-order valence-corrected chi connectivity index (χ4v) is 4.41. The van der Waals surface area contributed by atoms with Gasteiger partial charge in [-0.1, -0.05) is 6.07 Å². The molecule has 3 aromatic rings. The van der Waals surface area contributed by atoms with E-state index in [-0.39, 0.29) is 17.2 Å². The minimum absolute atomic E-state index is 0.0444. The van der Waals surface area contributed by atoms with E-state index in [1.54, 1.807) is 36.2 Å². The van der Waals surface area contributed by atoms with Gasteiger partial charge in [-0.2, -0.15) is 5.10 Å². The molecule has 4 rings (SSSR count). The summed E-state index contributed by atoms with van der Waals surface area (Å²) in [5.41, 5.74) is 2.12. The Labute approximate surface area is 184 Å². The third kappa shape index (κ3) is 4.44. The molecule has 8 heteroatoms. The van der Waals surface area contributed by atoms with Crippen molar-refractivity contribution >= 4 is 28.7 Å². The zero-order valence-corrected chi connectivity index (χ0v) is 18.3. The van der Waals surface area contributed by atoms with Crippen molar-refractivity contribution in [3.8, 4) is 10.6 Å². The van der Waals surface area contributed by atoms with Crippen LogP contribution in [-0.2, 0) is 4.79 Å². The number of ketones is 1. The van der Waals surface area contributed by atoms with Crippen molar-refractivity contribution in [2.75, 3.05) is 31.1 Å². The molecule has 1 fully saturated rings. The van der Waals surface area contributed by atoms with E-state index in [4.69, 9.17) is 0 Å².